The molecule has 0 spiro atoms. The third kappa shape index (κ3) is 7.70. The van der Waals surface area contributed by atoms with E-state index >= 15 is 0 Å². The highest BCUT2D eigenvalue weighted by molar-refractivity contribution is 5.87. The molecule has 0 saturated carbocycles. The lowest BCUT2D eigenvalue weighted by Crippen LogP contribution is -2.29. The SMILES string of the molecule is CC.CC.CC.CC.CC.CC.c1ccc(C2(c3ccccc3)c3ccccc3-c3nc4ccccc4nc32)cc1. The van der Waals surface area contributed by atoms with Crippen LogP contribution in [-0.2, 0) is 5.41 Å². The van der Waals surface area contributed by atoms with E-state index in [1.165, 1.54) is 16.7 Å². The average molecular weight is 551 g/mol. The van der Waals surface area contributed by atoms with Crippen LogP contribution in [0.2, 0.25) is 0 Å². The zero-order valence-electron chi connectivity index (χ0n) is 27.8. The van der Waals surface area contributed by atoms with Crippen LogP contribution in [0, 0.1) is 0 Å². The molecular formula is C39H54N2. The standard InChI is InChI=1S/C27H18N2.6C2H6/c1-3-11-19(12-4-1)27(20-13-5-2-6-14-20)22-16-8-7-15-21(22)25-26(27)29-24-18-10-9-17-23(24)28-25;6*1-2/h1-18H;6*1-2H3. The first-order valence-corrected chi connectivity index (χ1v) is 15.9. The smallest absolute Gasteiger partial charge is 0.0944 e. The van der Waals surface area contributed by atoms with Gasteiger partial charge in [0.25, 0.3) is 0 Å². The highest BCUT2D eigenvalue weighted by Gasteiger charge is 2.48. The quantitative estimate of drug-likeness (QED) is 0.214. The molecule has 41 heavy (non-hydrogen) atoms. The van der Waals surface area contributed by atoms with Crippen molar-refractivity contribution in [2.75, 3.05) is 0 Å². The van der Waals surface area contributed by atoms with Gasteiger partial charge in [-0.3, -0.25) is 0 Å². The minimum atomic E-state index is -0.481. The predicted molar refractivity (Wildman–Crippen MR) is 185 cm³/mol. The van der Waals surface area contributed by atoms with Gasteiger partial charge in [-0.15, -0.1) is 0 Å². The van der Waals surface area contributed by atoms with Crippen molar-refractivity contribution in [2.24, 2.45) is 0 Å². The van der Waals surface area contributed by atoms with Crippen molar-refractivity contribution in [2.45, 2.75) is 88.5 Å². The molecule has 0 saturated heterocycles. The maximum atomic E-state index is 5.21. The Balaban J connectivity index is 0.00000119. The normalized spacial score (nSPS) is 10.6. The van der Waals surface area contributed by atoms with Gasteiger partial charge in [0.2, 0.25) is 0 Å². The van der Waals surface area contributed by atoms with Crippen molar-refractivity contribution in [1.29, 1.82) is 0 Å². The summed E-state index contributed by atoms with van der Waals surface area (Å²) in [5.74, 6) is 0. The molecule has 1 aliphatic rings. The van der Waals surface area contributed by atoms with Gasteiger partial charge in [-0.2, -0.15) is 0 Å². The molecule has 0 amide bonds. The van der Waals surface area contributed by atoms with Crippen LogP contribution in [0.4, 0.5) is 0 Å². The van der Waals surface area contributed by atoms with Crippen LogP contribution in [0.15, 0.2) is 109 Å². The number of para-hydroxylation sites is 2. The van der Waals surface area contributed by atoms with Crippen molar-refractivity contribution >= 4 is 11.0 Å². The summed E-state index contributed by atoms with van der Waals surface area (Å²) in [5.41, 5.74) is 8.18. The molecule has 6 rings (SSSR count). The number of rotatable bonds is 2. The zero-order valence-corrected chi connectivity index (χ0v) is 27.8. The van der Waals surface area contributed by atoms with E-state index in [9.17, 15) is 0 Å². The van der Waals surface area contributed by atoms with Crippen LogP contribution in [0.3, 0.4) is 0 Å². The van der Waals surface area contributed by atoms with E-state index in [1.807, 2.05) is 107 Å². The van der Waals surface area contributed by atoms with Gasteiger partial charge >= 0.3 is 0 Å². The first kappa shape index (κ1) is 37.2. The minimum absolute atomic E-state index is 0.481. The molecule has 1 aliphatic carbocycles. The molecule has 2 nitrogen and oxygen atoms in total. The van der Waals surface area contributed by atoms with Crippen LogP contribution in [0.1, 0.15) is 105 Å². The number of hydrogen-bond donors (Lipinski definition) is 0. The molecule has 0 bridgehead atoms. The van der Waals surface area contributed by atoms with Gasteiger partial charge in [0.05, 0.1) is 27.8 Å². The number of benzene rings is 4. The molecule has 0 fully saturated rings. The highest BCUT2D eigenvalue weighted by atomic mass is 14.9. The van der Waals surface area contributed by atoms with Gasteiger partial charge in [-0.05, 0) is 28.8 Å². The molecule has 0 N–H and O–H groups in total. The van der Waals surface area contributed by atoms with E-state index in [0.717, 1.165) is 28.0 Å². The fourth-order valence-corrected chi connectivity index (χ4v) is 4.72. The van der Waals surface area contributed by atoms with Crippen molar-refractivity contribution < 1.29 is 0 Å². The van der Waals surface area contributed by atoms with Gasteiger partial charge in [0, 0.05) is 5.56 Å². The van der Waals surface area contributed by atoms with Crippen LogP contribution < -0.4 is 0 Å². The van der Waals surface area contributed by atoms with Crippen molar-refractivity contribution in [3.05, 3.63) is 132 Å². The Kier molecular flexibility index (Phi) is 19.1. The second kappa shape index (κ2) is 21.0. The average Bonchev–Trinajstić information content (AvgIpc) is 3.40. The first-order chi connectivity index (χ1) is 20.4. The summed E-state index contributed by atoms with van der Waals surface area (Å²) in [6.45, 7) is 24.0. The topological polar surface area (TPSA) is 25.8 Å². The largest absolute Gasteiger partial charge is 0.247 e. The summed E-state index contributed by atoms with van der Waals surface area (Å²) in [5, 5.41) is 0. The summed E-state index contributed by atoms with van der Waals surface area (Å²) >= 11 is 0. The second-order valence-corrected chi connectivity index (χ2v) is 7.44. The van der Waals surface area contributed by atoms with Gasteiger partial charge in [-0.25, -0.2) is 9.97 Å². The summed E-state index contributed by atoms with van der Waals surface area (Å²) in [6.07, 6.45) is 0. The maximum Gasteiger partial charge on any atom is 0.0944 e. The second-order valence-electron chi connectivity index (χ2n) is 7.44. The molecule has 4 aromatic carbocycles. The van der Waals surface area contributed by atoms with Crippen molar-refractivity contribution in [3.8, 4) is 11.3 Å². The fourth-order valence-electron chi connectivity index (χ4n) is 4.72. The summed E-state index contributed by atoms with van der Waals surface area (Å²) in [4.78, 5) is 10.3. The number of fused-ring (bicyclic) bond motifs is 4. The van der Waals surface area contributed by atoms with Crippen molar-refractivity contribution in [1.82, 2.24) is 9.97 Å². The molecule has 220 valence electrons. The van der Waals surface area contributed by atoms with E-state index in [-0.39, 0.29) is 0 Å². The van der Waals surface area contributed by atoms with Gasteiger partial charge in [0.1, 0.15) is 0 Å². The van der Waals surface area contributed by atoms with Crippen LogP contribution in [0.5, 0.6) is 0 Å². The van der Waals surface area contributed by atoms with E-state index in [0.29, 0.717) is 0 Å². The minimum Gasteiger partial charge on any atom is -0.247 e. The molecule has 0 radical (unpaired) electrons. The lowest BCUT2D eigenvalue weighted by molar-refractivity contribution is 0.740. The van der Waals surface area contributed by atoms with Gasteiger partial charge in [-0.1, -0.05) is 180 Å². The third-order valence-corrected chi connectivity index (χ3v) is 5.93. The van der Waals surface area contributed by atoms with E-state index in [2.05, 4.69) is 84.9 Å². The molecule has 1 heterocycles. The maximum absolute atomic E-state index is 5.21. The van der Waals surface area contributed by atoms with Gasteiger partial charge in [0.15, 0.2) is 0 Å². The monoisotopic (exact) mass is 550 g/mol. The summed E-state index contributed by atoms with van der Waals surface area (Å²) < 4.78 is 0. The van der Waals surface area contributed by atoms with Gasteiger partial charge < -0.3 is 0 Å². The zero-order chi connectivity index (χ0) is 31.3. The molecule has 0 atom stereocenters. The van der Waals surface area contributed by atoms with E-state index in [4.69, 9.17) is 9.97 Å². The highest BCUT2D eigenvalue weighted by Crippen LogP contribution is 2.54. The first-order valence-electron chi connectivity index (χ1n) is 15.9. The third-order valence-electron chi connectivity index (χ3n) is 5.93. The lowest BCUT2D eigenvalue weighted by Gasteiger charge is -2.32. The number of hydrogen-bond acceptors (Lipinski definition) is 2. The molecular weight excluding hydrogens is 496 g/mol. The Morgan fingerprint density at radius 1 is 0.390 bits per heavy atom. The Hall–Kier alpha value is -3.78. The molecule has 5 aromatic rings. The Bertz CT molecular complexity index is 1300. The van der Waals surface area contributed by atoms with E-state index in [1.54, 1.807) is 0 Å². The lowest BCUT2D eigenvalue weighted by atomic mass is 9.69. The van der Waals surface area contributed by atoms with E-state index < -0.39 is 5.41 Å². The molecule has 0 unspecified atom stereocenters. The molecule has 1 aromatic heterocycles. The Morgan fingerprint density at radius 3 is 1.22 bits per heavy atom. The molecule has 2 heteroatoms. The van der Waals surface area contributed by atoms with Crippen LogP contribution in [0.25, 0.3) is 22.3 Å². The predicted octanol–water partition coefficient (Wildman–Crippen LogP) is 12.2. The summed E-state index contributed by atoms with van der Waals surface area (Å²) in [7, 11) is 0. The van der Waals surface area contributed by atoms with Crippen LogP contribution >= 0.6 is 0 Å². The Morgan fingerprint density at radius 2 is 0.756 bits per heavy atom. The number of aromatic nitrogens is 2. The van der Waals surface area contributed by atoms with Crippen LogP contribution in [-0.4, -0.2) is 9.97 Å². The summed E-state index contributed by atoms with van der Waals surface area (Å²) in [6, 6.07) is 38.1. The fraction of sp³-hybridized carbons (Fsp3) is 0.333. The van der Waals surface area contributed by atoms with Crippen molar-refractivity contribution in [3.63, 3.8) is 0 Å². The number of nitrogens with zero attached hydrogens (tertiary/aromatic N) is 2. The Labute approximate surface area is 251 Å². The molecule has 0 aliphatic heterocycles.